The topological polar surface area (TPSA) is 41.5 Å². The Kier molecular flexibility index (Phi) is 4.28. The Labute approximate surface area is 129 Å². The van der Waals surface area contributed by atoms with Gasteiger partial charge in [0.15, 0.2) is 0 Å². The van der Waals surface area contributed by atoms with Crippen LogP contribution in [-0.2, 0) is 10.6 Å². The average molecular weight is 351 g/mol. The number of aliphatic hydroxyl groups is 1. The Balaban J connectivity index is 2.28. The highest BCUT2D eigenvalue weighted by Crippen LogP contribution is 2.43. The van der Waals surface area contributed by atoms with Crippen molar-refractivity contribution >= 4 is 58.0 Å². The zero-order valence-electron chi connectivity index (χ0n) is 8.76. The second kappa shape index (κ2) is 5.15. The van der Waals surface area contributed by atoms with E-state index in [1.807, 2.05) is 0 Å². The maximum Gasteiger partial charge on any atom is 0.214 e. The molecule has 2 rings (SSSR count). The first-order valence-corrected chi connectivity index (χ1v) is 6.79. The Bertz CT molecular complexity index is 464. The molecule has 1 aromatic rings. The molecule has 18 heavy (non-hydrogen) atoms. The summed E-state index contributed by atoms with van der Waals surface area (Å²) in [6.07, 6.45) is 0.0465. The number of halogens is 5. The fourth-order valence-corrected chi connectivity index (χ4v) is 2.60. The Morgan fingerprint density at radius 2 is 2.00 bits per heavy atom. The third kappa shape index (κ3) is 3.00. The van der Waals surface area contributed by atoms with E-state index in [-0.39, 0.29) is 11.4 Å². The Morgan fingerprint density at radius 3 is 2.50 bits per heavy atom. The van der Waals surface area contributed by atoms with Gasteiger partial charge in [0.2, 0.25) is 9.58 Å². The highest BCUT2D eigenvalue weighted by molar-refractivity contribution is 6.68. The van der Waals surface area contributed by atoms with E-state index in [1.165, 1.54) is 6.07 Å². The van der Waals surface area contributed by atoms with Crippen molar-refractivity contribution in [2.75, 3.05) is 0 Å². The zero-order valence-corrected chi connectivity index (χ0v) is 12.5. The summed E-state index contributed by atoms with van der Waals surface area (Å²) in [5.74, 6) is -1.66. The van der Waals surface area contributed by atoms with E-state index in [0.717, 1.165) is 0 Å². The molecule has 2 unspecified atom stereocenters. The van der Waals surface area contributed by atoms with Gasteiger partial charge in [-0.3, -0.25) is 4.84 Å². The van der Waals surface area contributed by atoms with Crippen LogP contribution in [0.25, 0.3) is 0 Å². The lowest BCUT2D eigenvalue weighted by atomic mass is 10.00. The van der Waals surface area contributed by atoms with Gasteiger partial charge < -0.3 is 5.11 Å². The van der Waals surface area contributed by atoms with Crippen molar-refractivity contribution in [2.45, 2.75) is 22.0 Å². The minimum absolute atomic E-state index is 0.0465. The molecule has 0 aromatic heterocycles. The molecule has 1 fully saturated rings. The van der Waals surface area contributed by atoms with E-state index >= 15 is 0 Å². The largest absolute Gasteiger partial charge is 0.361 e. The summed E-state index contributed by atoms with van der Waals surface area (Å²) in [6.45, 7) is 0. The van der Waals surface area contributed by atoms with Crippen LogP contribution in [0.1, 0.15) is 12.0 Å². The number of nitrogens with one attached hydrogen (secondary N) is 1. The van der Waals surface area contributed by atoms with Crippen molar-refractivity contribution in [3.8, 4) is 0 Å². The summed E-state index contributed by atoms with van der Waals surface area (Å²) in [4.78, 5) is 5.11. The standard InChI is InChI=1S/C10H8Cl5NO2/c11-5-1-2-6(7(12)3-5)9(17)4-8(16-18-9)10(13,14)15/h1-3,8,16-17H,4H2. The third-order valence-corrected chi connectivity index (χ3v) is 3.94. The fraction of sp³-hybridized carbons (Fsp3) is 0.400. The van der Waals surface area contributed by atoms with E-state index in [2.05, 4.69) is 5.48 Å². The normalized spacial score (nSPS) is 28.7. The van der Waals surface area contributed by atoms with Crippen molar-refractivity contribution < 1.29 is 9.94 Å². The first kappa shape index (κ1) is 14.9. The summed E-state index contributed by atoms with van der Waals surface area (Å²) in [5, 5.41) is 11.1. The smallest absolute Gasteiger partial charge is 0.214 e. The molecule has 100 valence electrons. The quantitative estimate of drug-likeness (QED) is 0.756. The van der Waals surface area contributed by atoms with Crippen LogP contribution >= 0.6 is 58.0 Å². The monoisotopic (exact) mass is 349 g/mol. The van der Waals surface area contributed by atoms with Crippen LogP contribution in [0.5, 0.6) is 0 Å². The molecule has 0 amide bonds. The van der Waals surface area contributed by atoms with Gasteiger partial charge in [0.25, 0.3) is 0 Å². The number of alkyl halides is 3. The lowest BCUT2D eigenvalue weighted by Gasteiger charge is -2.22. The Morgan fingerprint density at radius 1 is 1.33 bits per heavy atom. The second-order valence-electron chi connectivity index (χ2n) is 3.93. The molecule has 0 bridgehead atoms. The Hall–Kier alpha value is 0.550. The molecular formula is C10H8Cl5NO2. The molecule has 1 aromatic carbocycles. The average Bonchev–Trinajstić information content (AvgIpc) is 2.61. The van der Waals surface area contributed by atoms with Gasteiger partial charge in [-0.15, -0.1) is 0 Å². The van der Waals surface area contributed by atoms with Crippen molar-refractivity contribution in [1.29, 1.82) is 0 Å². The molecule has 2 N–H and O–H groups in total. The highest BCUT2D eigenvalue weighted by Gasteiger charge is 2.49. The van der Waals surface area contributed by atoms with E-state index in [4.69, 9.17) is 62.8 Å². The van der Waals surface area contributed by atoms with Gasteiger partial charge in [-0.1, -0.05) is 64.1 Å². The fourth-order valence-electron chi connectivity index (χ4n) is 1.68. The summed E-state index contributed by atoms with van der Waals surface area (Å²) >= 11 is 29.0. The van der Waals surface area contributed by atoms with Crippen molar-refractivity contribution in [3.63, 3.8) is 0 Å². The SMILES string of the molecule is OC1(c2ccc(Cl)cc2Cl)CC(C(Cl)(Cl)Cl)NO1. The lowest BCUT2D eigenvalue weighted by Crippen LogP contribution is -2.33. The van der Waals surface area contributed by atoms with Crippen LogP contribution in [-0.4, -0.2) is 14.9 Å². The maximum atomic E-state index is 10.4. The molecule has 1 aliphatic heterocycles. The van der Waals surface area contributed by atoms with Crippen molar-refractivity contribution in [2.24, 2.45) is 0 Å². The van der Waals surface area contributed by atoms with Gasteiger partial charge in [0, 0.05) is 17.0 Å². The maximum absolute atomic E-state index is 10.4. The van der Waals surface area contributed by atoms with E-state index in [0.29, 0.717) is 10.6 Å². The molecular weight excluding hydrogens is 343 g/mol. The molecule has 8 heteroatoms. The summed E-state index contributed by atoms with van der Waals surface area (Å²) in [6, 6.07) is 4.00. The first-order chi connectivity index (χ1) is 8.22. The van der Waals surface area contributed by atoms with E-state index in [9.17, 15) is 5.11 Å². The second-order valence-corrected chi connectivity index (χ2v) is 7.14. The molecule has 0 aliphatic carbocycles. The minimum Gasteiger partial charge on any atom is -0.361 e. The molecule has 1 aliphatic rings. The predicted octanol–water partition coefficient (Wildman–Crippen LogP) is 3.80. The first-order valence-electron chi connectivity index (χ1n) is 4.90. The van der Waals surface area contributed by atoms with Gasteiger partial charge >= 0.3 is 0 Å². The van der Waals surface area contributed by atoms with Gasteiger partial charge in [-0.05, 0) is 12.1 Å². The van der Waals surface area contributed by atoms with Crippen LogP contribution in [0.15, 0.2) is 18.2 Å². The number of hydroxylamine groups is 1. The van der Waals surface area contributed by atoms with Gasteiger partial charge in [-0.25, -0.2) is 0 Å². The molecule has 0 saturated carbocycles. The van der Waals surface area contributed by atoms with Crippen LogP contribution < -0.4 is 5.48 Å². The van der Waals surface area contributed by atoms with E-state index < -0.39 is 15.6 Å². The number of hydrogen-bond acceptors (Lipinski definition) is 3. The molecule has 3 nitrogen and oxygen atoms in total. The van der Waals surface area contributed by atoms with Crippen LogP contribution in [0.2, 0.25) is 10.0 Å². The molecule has 0 radical (unpaired) electrons. The molecule has 1 saturated heterocycles. The van der Waals surface area contributed by atoms with Crippen molar-refractivity contribution in [1.82, 2.24) is 5.48 Å². The number of rotatable bonds is 1. The molecule has 0 spiro atoms. The van der Waals surface area contributed by atoms with Crippen LogP contribution in [0.4, 0.5) is 0 Å². The van der Waals surface area contributed by atoms with Crippen LogP contribution in [0, 0.1) is 0 Å². The summed E-state index contributed by atoms with van der Waals surface area (Å²) < 4.78 is -1.59. The number of benzene rings is 1. The van der Waals surface area contributed by atoms with E-state index in [1.54, 1.807) is 12.1 Å². The zero-order chi connectivity index (χ0) is 13.6. The van der Waals surface area contributed by atoms with Gasteiger partial charge in [-0.2, -0.15) is 5.48 Å². The predicted molar refractivity (Wildman–Crippen MR) is 73.3 cm³/mol. The number of hydrogen-bond donors (Lipinski definition) is 2. The van der Waals surface area contributed by atoms with Crippen molar-refractivity contribution in [3.05, 3.63) is 33.8 Å². The van der Waals surface area contributed by atoms with Gasteiger partial charge in [0.1, 0.15) is 0 Å². The molecule has 2 atom stereocenters. The third-order valence-electron chi connectivity index (χ3n) is 2.60. The lowest BCUT2D eigenvalue weighted by molar-refractivity contribution is -0.209. The molecule has 1 heterocycles. The summed E-state index contributed by atoms with van der Waals surface area (Å²) in [7, 11) is 0. The summed E-state index contributed by atoms with van der Waals surface area (Å²) in [5.41, 5.74) is 2.85. The van der Waals surface area contributed by atoms with Gasteiger partial charge in [0.05, 0.1) is 11.1 Å². The highest BCUT2D eigenvalue weighted by atomic mass is 35.6. The minimum atomic E-state index is -1.66. The van der Waals surface area contributed by atoms with Crippen LogP contribution in [0.3, 0.4) is 0 Å².